The minimum atomic E-state index is -0.554. The number of ether oxygens (including phenoxy) is 1. The summed E-state index contributed by atoms with van der Waals surface area (Å²) in [7, 11) is 1.29. The summed E-state index contributed by atoms with van der Waals surface area (Å²) in [6.07, 6.45) is 5.80. The van der Waals surface area contributed by atoms with Crippen molar-refractivity contribution < 1.29 is 9.53 Å². The van der Waals surface area contributed by atoms with E-state index in [0.717, 1.165) is 0 Å². The van der Waals surface area contributed by atoms with Crippen LogP contribution in [0.15, 0.2) is 6.07 Å². The first-order valence-corrected chi connectivity index (χ1v) is 5.20. The van der Waals surface area contributed by atoms with E-state index >= 15 is 0 Å². The van der Waals surface area contributed by atoms with Gasteiger partial charge in [0.2, 0.25) is 5.82 Å². The number of nitrogens with one attached hydrogen (secondary N) is 1. The molecular formula is C12H15N3O2. The number of hydrogen-bond acceptors (Lipinski definition) is 5. The summed E-state index contributed by atoms with van der Waals surface area (Å²) >= 11 is 0. The van der Waals surface area contributed by atoms with Gasteiger partial charge in [0.05, 0.1) is 7.11 Å². The number of carbonyl (C=O) groups excluding carboxylic acids is 1. The van der Waals surface area contributed by atoms with Gasteiger partial charge >= 0.3 is 5.97 Å². The van der Waals surface area contributed by atoms with Crippen molar-refractivity contribution in [1.82, 2.24) is 9.97 Å². The summed E-state index contributed by atoms with van der Waals surface area (Å²) in [5.74, 6) is 2.61. The molecule has 0 amide bonds. The van der Waals surface area contributed by atoms with Crippen LogP contribution in [0.5, 0.6) is 0 Å². The normalized spacial score (nSPS) is 11.4. The monoisotopic (exact) mass is 233 g/mol. The number of terminal acetylenes is 1. The smallest absolute Gasteiger partial charge is 0.376 e. The highest BCUT2D eigenvalue weighted by atomic mass is 16.5. The maximum absolute atomic E-state index is 11.3. The van der Waals surface area contributed by atoms with Gasteiger partial charge in [0, 0.05) is 24.2 Å². The lowest BCUT2D eigenvalue weighted by Crippen LogP contribution is -2.17. The first-order valence-electron chi connectivity index (χ1n) is 5.20. The number of nitrogens with zero attached hydrogens (tertiary/aromatic N) is 2. The van der Waals surface area contributed by atoms with Gasteiger partial charge < -0.3 is 10.1 Å². The van der Waals surface area contributed by atoms with Gasteiger partial charge in [0.25, 0.3) is 0 Å². The van der Waals surface area contributed by atoms with Crippen molar-refractivity contribution in [3.05, 3.63) is 17.6 Å². The predicted molar refractivity (Wildman–Crippen MR) is 64.6 cm³/mol. The number of carbonyl (C=O) groups is 1. The van der Waals surface area contributed by atoms with Gasteiger partial charge in [-0.1, -0.05) is 0 Å². The zero-order valence-corrected chi connectivity index (χ0v) is 10.2. The average molecular weight is 233 g/mol. The molecule has 5 heteroatoms. The SMILES string of the molecule is C#CCC(C)Nc1cc(C)nc(C(=O)OC)n1. The first-order chi connectivity index (χ1) is 8.06. The molecule has 0 aliphatic carbocycles. The van der Waals surface area contributed by atoms with E-state index < -0.39 is 5.97 Å². The van der Waals surface area contributed by atoms with Gasteiger partial charge in [-0.05, 0) is 13.8 Å². The van der Waals surface area contributed by atoms with Gasteiger partial charge in [-0.2, -0.15) is 0 Å². The molecule has 0 aliphatic heterocycles. The predicted octanol–water partition coefficient (Wildman–Crippen LogP) is 1.40. The molecule has 1 atom stereocenters. The maximum Gasteiger partial charge on any atom is 0.376 e. The summed E-state index contributed by atoms with van der Waals surface area (Å²) in [4.78, 5) is 19.4. The van der Waals surface area contributed by atoms with E-state index in [1.165, 1.54) is 7.11 Å². The third-order valence-electron chi connectivity index (χ3n) is 2.04. The van der Waals surface area contributed by atoms with Crippen LogP contribution in [0.4, 0.5) is 5.82 Å². The molecule has 0 aliphatic rings. The second kappa shape index (κ2) is 5.85. The van der Waals surface area contributed by atoms with Crippen molar-refractivity contribution in [1.29, 1.82) is 0 Å². The second-order valence-electron chi connectivity index (χ2n) is 3.66. The number of rotatable bonds is 4. The molecule has 1 unspecified atom stereocenters. The quantitative estimate of drug-likeness (QED) is 0.629. The Kier molecular flexibility index (Phi) is 4.46. The second-order valence-corrected chi connectivity index (χ2v) is 3.66. The highest BCUT2D eigenvalue weighted by Gasteiger charge is 2.12. The van der Waals surface area contributed by atoms with Crippen molar-refractivity contribution in [2.24, 2.45) is 0 Å². The molecule has 0 radical (unpaired) electrons. The minimum Gasteiger partial charge on any atom is -0.463 e. The van der Waals surface area contributed by atoms with Crippen molar-refractivity contribution in [3.63, 3.8) is 0 Å². The number of methoxy groups -OCH3 is 1. The molecule has 90 valence electrons. The van der Waals surface area contributed by atoms with Gasteiger partial charge in [-0.25, -0.2) is 14.8 Å². The Bertz CT molecular complexity index is 452. The Labute approximate surface area is 101 Å². The molecule has 1 N–H and O–H groups in total. The molecule has 0 saturated heterocycles. The highest BCUT2D eigenvalue weighted by molar-refractivity contribution is 5.85. The number of aryl methyl sites for hydroxylation is 1. The number of esters is 1. The summed E-state index contributed by atoms with van der Waals surface area (Å²) < 4.78 is 4.57. The maximum atomic E-state index is 11.3. The van der Waals surface area contributed by atoms with E-state index in [1.807, 2.05) is 6.92 Å². The van der Waals surface area contributed by atoms with Gasteiger partial charge in [-0.15, -0.1) is 12.3 Å². The Hall–Kier alpha value is -2.09. The van der Waals surface area contributed by atoms with Gasteiger partial charge in [0.15, 0.2) is 0 Å². The lowest BCUT2D eigenvalue weighted by Gasteiger charge is -2.12. The van der Waals surface area contributed by atoms with Crippen LogP contribution in [-0.4, -0.2) is 29.1 Å². The number of anilines is 1. The van der Waals surface area contributed by atoms with Crippen LogP contribution in [0, 0.1) is 19.3 Å². The Morgan fingerprint density at radius 2 is 2.35 bits per heavy atom. The fourth-order valence-electron chi connectivity index (χ4n) is 1.31. The van der Waals surface area contributed by atoms with Crippen LogP contribution in [-0.2, 0) is 4.74 Å². The average Bonchev–Trinajstić information content (AvgIpc) is 2.27. The Morgan fingerprint density at radius 3 is 2.94 bits per heavy atom. The third-order valence-corrected chi connectivity index (χ3v) is 2.04. The number of hydrogen-bond donors (Lipinski definition) is 1. The molecule has 0 aromatic carbocycles. The molecule has 1 aromatic rings. The molecule has 5 nitrogen and oxygen atoms in total. The molecule has 0 fully saturated rings. The van der Waals surface area contributed by atoms with Crippen LogP contribution in [0.25, 0.3) is 0 Å². The van der Waals surface area contributed by atoms with Gasteiger partial charge in [0.1, 0.15) is 5.82 Å². The van der Waals surface area contributed by atoms with E-state index in [1.54, 1.807) is 13.0 Å². The number of aromatic nitrogens is 2. The van der Waals surface area contributed by atoms with Crippen molar-refractivity contribution in [2.75, 3.05) is 12.4 Å². The summed E-state index contributed by atoms with van der Waals surface area (Å²) in [5, 5.41) is 3.10. The van der Waals surface area contributed by atoms with E-state index in [4.69, 9.17) is 6.42 Å². The molecule has 0 saturated carbocycles. The van der Waals surface area contributed by atoms with Crippen LogP contribution in [0.1, 0.15) is 29.7 Å². The van der Waals surface area contributed by atoms with Crippen molar-refractivity contribution >= 4 is 11.8 Å². The van der Waals surface area contributed by atoms with Crippen LogP contribution in [0.2, 0.25) is 0 Å². The molecule has 0 bridgehead atoms. The lowest BCUT2D eigenvalue weighted by molar-refractivity contribution is 0.0586. The van der Waals surface area contributed by atoms with E-state index in [2.05, 4.69) is 25.9 Å². The zero-order valence-electron chi connectivity index (χ0n) is 10.2. The van der Waals surface area contributed by atoms with E-state index in [0.29, 0.717) is 17.9 Å². The highest BCUT2D eigenvalue weighted by Crippen LogP contribution is 2.09. The fourth-order valence-corrected chi connectivity index (χ4v) is 1.31. The molecular weight excluding hydrogens is 218 g/mol. The van der Waals surface area contributed by atoms with E-state index in [9.17, 15) is 4.79 Å². The minimum absolute atomic E-state index is 0.0444. The molecule has 1 heterocycles. The summed E-state index contributed by atoms with van der Waals surface area (Å²) in [5.41, 5.74) is 0.691. The van der Waals surface area contributed by atoms with Gasteiger partial charge in [-0.3, -0.25) is 0 Å². The molecule has 17 heavy (non-hydrogen) atoms. The summed E-state index contributed by atoms with van der Waals surface area (Å²) in [6, 6.07) is 1.83. The largest absolute Gasteiger partial charge is 0.463 e. The van der Waals surface area contributed by atoms with Crippen LogP contribution < -0.4 is 5.32 Å². The molecule has 0 spiro atoms. The molecule has 1 rings (SSSR count). The standard InChI is InChI=1S/C12H15N3O2/c1-5-6-8(2)13-10-7-9(3)14-11(15-10)12(16)17-4/h1,7-8H,6H2,2-4H3,(H,13,14,15). The Morgan fingerprint density at radius 1 is 1.65 bits per heavy atom. The first kappa shape index (κ1) is 13.0. The van der Waals surface area contributed by atoms with Crippen LogP contribution >= 0.6 is 0 Å². The summed E-state index contributed by atoms with van der Waals surface area (Å²) in [6.45, 7) is 3.72. The van der Waals surface area contributed by atoms with E-state index in [-0.39, 0.29) is 11.9 Å². The van der Waals surface area contributed by atoms with Crippen molar-refractivity contribution in [3.8, 4) is 12.3 Å². The van der Waals surface area contributed by atoms with Crippen molar-refractivity contribution in [2.45, 2.75) is 26.3 Å². The molecule has 1 aromatic heterocycles. The Balaban J connectivity index is 2.90. The third kappa shape index (κ3) is 3.76. The fraction of sp³-hybridized carbons (Fsp3) is 0.417. The zero-order chi connectivity index (χ0) is 12.8. The lowest BCUT2D eigenvalue weighted by atomic mass is 10.2. The topological polar surface area (TPSA) is 64.1 Å². The van der Waals surface area contributed by atoms with Crippen LogP contribution in [0.3, 0.4) is 0 Å².